The predicted octanol–water partition coefficient (Wildman–Crippen LogP) is -0.545. The van der Waals surface area contributed by atoms with Gasteiger partial charge in [0.15, 0.2) is 0 Å². The van der Waals surface area contributed by atoms with E-state index >= 15 is 0 Å². The van der Waals surface area contributed by atoms with Crippen LogP contribution in [0, 0.1) is 0 Å². The number of ether oxygens (including phenoxy) is 1. The minimum Gasteiger partial charge on any atom is -0.378 e. The van der Waals surface area contributed by atoms with Gasteiger partial charge in [0.05, 0.1) is 35.5 Å². The van der Waals surface area contributed by atoms with E-state index in [1.807, 2.05) is 0 Å². The Balaban J connectivity index is 1.13. The van der Waals surface area contributed by atoms with Crippen LogP contribution < -0.4 is 33.3 Å². The molecule has 1 aliphatic heterocycles. The summed E-state index contributed by atoms with van der Waals surface area (Å²) in [5.41, 5.74) is 14.8. The van der Waals surface area contributed by atoms with Gasteiger partial charge in [0.25, 0.3) is 11.5 Å². The highest BCUT2D eigenvalue weighted by Gasteiger charge is 2.39. The number of benzene rings is 1. The highest BCUT2D eigenvalue weighted by molar-refractivity contribution is 6.00. The van der Waals surface area contributed by atoms with Crippen LogP contribution in [0.5, 0.6) is 0 Å². The first kappa shape index (κ1) is 30.0. The average Bonchev–Trinajstić information content (AvgIpc) is 3.61. The molecule has 230 valence electrons. The number of carbonyl (C=O) groups excluding carboxylic acids is 2. The number of azide groups is 1. The lowest BCUT2D eigenvalue weighted by Gasteiger charge is -2.24. The van der Waals surface area contributed by atoms with Crippen molar-refractivity contribution in [1.29, 1.82) is 0 Å². The fourth-order valence-electron chi connectivity index (χ4n) is 5.12. The maximum atomic E-state index is 13.5. The van der Waals surface area contributed by atoms with Crippen LogP contribution in [0.4, 0.5) is 5.95 Å². The third kappa shape index (κ3) is 6.17. The van der Waals surface area contributed by atoms with Crippen molar-refractivity contribution in [2.24, 2.45) is 12.2 Å². The summed E-state index contributed by atoms with van der Waals surface area (Å²) in [6, 6.07) is 2.65. The number of likely N-dealkylation sites (tertiary alicyclic amines) is 1. The minimum atomic E-state index is -0.913. The molecule has 1 saturated heterocycles. The van der Waals surface area contributed by atoms with Crippen LogP contribution >= 0.6 is 0 Å². The molecule has 0 aliphatic carbocycles. The highest BCUT2D eigenvalue weighted by atomic mass is 16.5. The number of anilines is 1. The first-order valence-electron chi connectivity index (χ1n) is 13.6. The Morgan fingerprint density at radius 2 is 2.07 bits per heavy atom. The fourth-order valence-corrected chi connectivity index (χ4v) is 5.12. The van der Waals surface area contributed by atoms with Gasteiger partial charge in [-0.3, -0.25) is 23.9 Å². The lowest BCUT2D eigenvalue weighted by atomic mass is 10.1. The van der Waals surface area contributed by atoms with Crippen LogP contribution in [0.2, 0.25) is 0 Å². The van der Waals surface area contributed by atoms with Crippen LogP contribution in [-0.2, 0) is 23.1 Å². The Labute approximate surface area is 246 Å². The van der Waals surface area contributed by atoms with Gasteiger partial charge in [0.1, 0.15) is 11.7 Å². The fraction of sp³-hybridized carbons (Fsp3) is 0.385. The van der Waals surface area contributed by atoms with E-state index in [9.17, 15) is 24.0 Å². The van der Waals surface area contributed by atoms with E-state index in [1.165, 1.54) is 30.1 Å². The van der Waals surface area contributed by atoms with E-state index < -0.39 is 35.3 Å². The number of nitrogen functional groups attached to an aromatic ring is 1. The van der Waals surface area contributed by atoms with E-state index in [2.05, 4.69) is 40.0 Å². The van der Waals surface area contributed by atoms with Crippen molar-refractivity contribution in [3.05, 3.63) is 77.3 Å². The summed E-state index contributed by atoms with van der Waals surface area (Å²) in [6.45, 7) is 1.58. The summed E-state index contributed by atoms with van der Waals surface area (Å²) in [4.78, 5) is 76.2. The zero-order valence-corrected chi connectivity index (χ0v) is 23.5. The number of fused-ring (bicyclic) bond motifs is 2. The number of nitrogens with two attached hydrogens (primary N) is 1. The molecule has 4 aromatic rings. The van der Waals surface area contributed by atoms with Crippen molar-refractivity contribution in [3.63, 3.8) is 0 Å². The van der Waals surface area contributed by atoms with Gasteiger partial charge in [-0.15, -0.1) is 0 Å². The second-order valence-corrected chi connectivity index (χ2v) is 10.1. The summed E-state index contributed by atoms with van der Waals surface area (Å²) < 4.78 is 11.3. The molecule has 0 spiro atoms. The van der Waals surface area contributed by atoms with Crippen LogP contribution in [0.1, 0.15) is 22.3 Å². The van der Waals surface area contributed by atoms with Gasteiger partial charge in [0.2, 0.25) is 11.9 Å². The number of nitrogens with one attached hydrogen (secondary N) is 4. The van der Waals surface area contributed by atoms with Crippen molar-refractivity contribution in [3.8, 4) is 0 Å². The van der Waals surface area contributed by atoms with E-state index in [1.54, 1.807) is 6.20 Å². The molecular weight excluding hydrogens is 578 g/mol. The molecule has 0 radical (unpaired) electrons. The molecule has 18 nitrogen and oxygen atoms in total. The van der Waals surface area contributed by atoms with E-state index in [-0.39, 0.29) is 54.1 Å². The standard InChI is InChI=1S/C26H29N11O7/c1-36-17-8-13(2-3-16(17)24(41)44-26(36)42)23(40)37-12-15(34-35-28)9-18(37)21(38)30-5-7-43-6-4-29-10-14-11-31-20-19(14)22(39)33-25(27)32-20/h2-3,8,11,15,18,29H,4-7,9-10,12H2,1H3,(H,30,38)(H4,27,31,32,33,39)/t15?,18-/m0/s1. The molecule has 0 saturated carbocycles. The molecule has 4 heterocycles. The van der Waals surface area contributed by atoms with Crippen molar-refractivity contribution in [2.45, 2.75) is 25.0 Å². The van der Waals surface area contributed by atoms with Crippen molar-refractivity contribution in [1.82, 2.24) is 35.1 Å². The van der Waals surface area contributed by atoms with Gasteiger partial charge in [-0.1, -0.05) is 5.11 Å². The van der Waals surface area contributed by atoms with Gasteiger partial charge in [-0.2, -0.15) is 4.98 Å². The number of aryl methyl sites for hydroxylation is 1. The van der Waals surface area contributed by atoms with E-state index in [0.29, 0.717) is 30.7 Å². The third-order valence-corrected chi connectivity index (χ3v) is 7.26. The van der Waals surface area contributed by atoms with Gasteiger partial charge < -0.3 is 35.4 Å². The normalized spacial score (nSPS) is 16.3. The van der Waals surface area contributed by atoms with Crippen LogP contribution in [-0.4, -0.2) is 81.2 Å². The summed E-state index contributed by atoms with van der Waals surface area (Å²) in [5, 5.41) is 10.2. The van der Waals surface area contributed by atoms with Crippen LogP contribution in [0.25, 0.3) is 32.4 Å². The van der Waals surface area contributed by atoms with Crippen LogP contribution in [0.3, 0.4) is 0 Å². The summed E-state index contributed by atoms with van der Waals surface area (Å²) >= 11 is 0. The number of aromatic amines is 2. The molecule has 1 aromatic carbocycles. The largest absolute Gasteiger partial charge is 0.422 e. The Bertz CT molecular complexity index is 1950. The smallest absolute Gasteiger partial charge is 0.378 e. The Kier molecular flexibility index (Phi) is 8.75. The molecule has 1 aliphatic rings. The number of H-pyrrole nitrogens is 2. The highest BCUT2D eigenvalue weighted by Crippen LogP contribution is 2.24. The molecule has 3 aromatic heterocycles. The molecule has 18 heteroatoms. The molecular formula is C26H29N11O7. The minimum absolute atomic E-state index is 0.0167. The first-order valence-corrected chi connectivity index (χ1v) is 13.6. The zero-order chi connectivity index (χ0) is 31.4. The van der Waals surface area contributed by atoms with Gasteiger partial charge in [-0.05, 0) is 35.7 Å². The summed E-state index contributed by atoms with van der Waals surface area (Å²) in [5.74, 6) is -1.81. The summed E-state index contributed by atoms with van der Waals surface area (Å²) in [7, 11) is 1.41. The third-order valence-electron chi connectivity index (χ3n) is 7.26. The molecule has 0 bridgehead atoms. The van der Waals surface area contributed by atoms with Crippen molar-refractivity contribution >= 4 is 39.7 Å². The molecule has 1 unspecified atom stereocenters. The van der Waals surface area contributed by atoms with E-state index in [0.717, 1.165) is 10.1 Å². The Morgan fingerprint density at radius 3 is 2.86 bits per heavy atom. The number of amides is 2. The second kappa shape index (κ2) is 12.8. The first-order chi connectivity index (χ1) is 21.2. The molecule has 5 rings (SSSR count). The lowest BCUT2D eigenvalue weighted by Crippen LogP contribution is -2.46. The maximum Gasteiger partial charge on any atom is 0.422 e. The quantitative estimate of drug-likeness (QED) is 0.0629. The molecule has 2 atom stereocenters. The van der Waals surface area contributed by atoms with Gasteiger partial charge >= 0.3 is 11.4 Å². The number of nitrogens with zero attached hydrogens (tertiary/aromatic N) is 6. The van der Waals surface area contributed by atoms with Gasteiger partial charge in [0, 0.05) is 49.9 Å². The number of rotatable bonds is 11. The van der Waals surface area contributed by atoms with E-state index in [4.69, 9.17) is 16.0 Å². The number of aromatic nitrogens is 4. The SMILES string of the molecule is Cn1c(=O)oc(=O)c2ccc(C(=O)N3CC(N=[N+]=[N-])C[C@H]3C(=O)NCCOCCNCc3c[nH]c4nc(N)[nH]c(=O)c34)cc21. The molecule has 6 N–H and O–H groups in total. The zero-order valence-electron chi connectivity index (χ0n) is 23.5. The molecule has 44 heavy (non-hydrogen) atoms. The number of hydrogen-bond acceptors (Lipinski definition) is 11. The van der Waals surface area contributed by atoms with Crippen LogP contribution in [0.15, 0.2) is 48.3 Å². The van der Waals surface area contributed by atoms with Crippen molar-refractivity contribution < 1.29 is 18.7 Å². The monoisotopic (exact) mass is 607 g/mol. The number of hydrogen-bond donors (Lipinski definition) is 5. The predicted molar refractivity (Wildman–Crippen MR) is 157 cm³/mol. The summed E-state index contributed by atoms with van der Waals surface area (Å²) in [6.07, 6.45) is 1.81. The lowest BCUT2D eigenvalue weighted by molar-refractivity contribution is -0.125. The average molecular weight is 608 g/mol. The number of carbonyl (C=O) groups is 2. The molecule has 1 fully saturated rings. The molecule has 2 amide bonds. The maximum absolute atomic E-state index is 13.5. The Hall–Kier alpha value is -5.45. The van der Waals surface area contributed by atoms with Crippen molar-refractivity contribution in [2.75, 3.05) is 38.6 Å². The second-order valence-electron chi connectivity index (χ2n) is 10.1. The topological polar surface area (TPSA) is 259 Å². The Morgan fingerprint density at radius 1 is 1.27 bits per heavy atom. The van der Waals surface area contributed by atoms with Gasteiger partial charge in [-0.25, -0.2) is 9.59 Å².